The molecule has 6 heteroatoms. The highest BCUT2D eigenvalue weighted by molar-refractivity contribution is 14.0. The van der Waals surface area contributed by atoms with Gasteiger partial charge in [-0.25, -0.2) is 0 Å². The van der Waals surface area contributed by atoms with Crippen LogP contribution in [0.5, 0.6) is 0 Å². The van der Waals surface area contributed by atoms with E-state index in [9.17, 15) is 0 Å². The van der Waals surface area contributed by atoms with Crippen LogP contribution in [0.4, 0.5) is 0 Å². The van der Waals surface area contributed by atoms with Crippen LogP contribution in [0, 0.1) is 0 Å². The standard InChI is InChI=1S/C16H23N5.HI/c1-17-16(18-10-8-14-6-4-3-5-7-14)19-11-9-15-12-20-21(2)13-15;/h3-7,12-13H,8-11H2,1-2H3,(H2,17,18,19);1H. The van der Waals surface area contributed by atoms with Crippen molar-refractivity contribution in [1.29, 1.82) is 0 Å². The van der Waals surface area contributed by atoms with E-state index in [1.54, 1.807) is 7.05 Å². The zero-order valence-corrected chi connectivity index (χ0v) is 15.5. The first-order chi connectivity index (χ1) is 10.3. The predicted molar refractivity (Wildman–Crippen MR) is 102 cm³/mol. The first-order valence-electron chi connectivity index (χ1n) is 7.24. The summed E-state index contributed by atoms with van der Waals surface area (Å²) in [5.41, 5.74) is 2.56. The SMILES string of the molecule is CN=C(NCCc1ccccc1)NCCc1cnn(C)c1.I. The normalized spacial score (nSPS) is 10.9. The number of nitrogens with one attached hydrogen (secondary N) is 2. The molecular weight excluding hydrogens is 389 g/mol. The summed E-state index contributed by atoms with van der Waals surface area (Å²) in [5.74, 6) is 0.842. The van der Waals surface area contributed by atoms with Crippen molar-refractivity contribution in [2.45, 2.75) is 12.8 Å². The first-order valence-corrected chi connectivity index (χ1v) is 7.24. The van der Waals surface area contributed by atoms with Gasteiger partial charge in [-0.05, 0) is 24.0 Å². The van der Waals surface area contributed by atoms with Gasteiger partial charge in [-0.1, -0.05) is 30.3 Å². The summed E-state index contributed by atoms with van der Waals surface area (Å²) in [6.45, 7) is 1.72. The van der Waals surface area contributed by atoms with E-state index in [1.165, 1.54) is 11.1 Å². The lowest BCUT2D eigenvalue weighted by Gasteiger charge is -2.11. The van der Waals surface area contributed by atoms with E-state index in [-0.39, 0.29) is 24.0 Å². The molecular formula is C16H24IN5. The minimum Gasteiger partial charge on any atom is -0.356 e. The highest BCUT2D eigenvalue weighted by atomic mass is 127. The molecule has 22 heavy (non-hydrogen) atoms. The molecule has 0 aliphatic heterocycles. The molecule has 0 aliphatic rings. The van der Waals surface area contributed by atoms with Gasteiger partial charge < -0.3 is 10.6 Å². The molecule has 0 unspecified atom stereocenters. The van der Waals surface area contributed by atoms with Crippen molar-refractivity contribution in [3.63, 3.8) is 0 Å². The van der Waals surface area contributed by atoms with Crippen molar-refractivity contribution in [2.75, 3.05) is 20.1 Å². The second-order valence-electron chi connectivity index (χ2n) is 4.93. The van der Waals surface area contributed by atoms with Crippen LogP contribution in [0.2, 0.25) is 0 Å². The maximum atomic E-state index is 4.23. The van der Waals surface area contributed by atoms with E-state index in [0.29, 0.717) is 0 Å². The Kier molecular flexibility index (Phi) is 8.57. The lowest BCUT2D eigenvalue weighted by atomic mass is 10.1. The molecule has 2 N–H and O–H groups in total. The Morgan fingerprint density at radius 3 is 2.27 bits per heavy atom. The molecule has 0 atom stereocenters. The average molecular weight is 413 g/mol. The van der Waals surface area contributed by atoms with Crippen LogP contribution >= 0.6 is 24.0 Å². The Morgan fingerprint density at radius 1 is 1.09 bits per heavy atom. The van der Waals surface area contributed by atoms with E-state index >= 15 is 0 Å². The third kappa shape index (κ3) is 6.46. The quantitative estimate of drug-likeness (QED) is 0.433. The van der Waals surface area contributed by atoms with Crippen LogP contribution < -0.4 is 10.6 Å². The molecule has 1 aromatic heterocycles. The Balaban J connectivity index is 0.00000242. The highest BCUT2D eigenvalue weighted by Crippen LogP contribution is 1.98. The lowest BCUT2D eigenvalue weighted by Crippen LogP contribution is -2.39. The molecule has 1 heterocycles. The van der Waals surface area contributed by atoms with Gasteiger partial charge in [-0.15, -0.1) is 24.0 Å². The number of nitrogens with zero attached hydrogens (tertiary/aromatic N) is 3. The summed E-state index contributed by atoms with van der Waals surface area (Å²) in [5, 5.41) is 10.8. The van der Waals surface area contributed by atoms with E-state index in [0.717, 1.165) is 31.9 Å². The number of rotatable bonds is 6. The molecule has 0 aliphatic carbocycles. The van der Waals surface area contributed by atoms with Gasteiger partial charge in [0.15, 0.2) is 5.96 Å². The fourth-order valence-electron chi connectivity index (χ4n) is 2.12. The van der Waals surface area contributed by atoms with Crippen LogP contribution in [0.1, 0.15) is 11.1 Å². The number of hydrogen-bond acceptors (Lipinski definition) is 2. The van der Waals surface area contributed by atoms with Crippen molar-refractivity contribution in [1.82, 2.24) is 20.4 Å². The Bertz CT molecular complexity index is 565. The highest BCUT2D eigenvalue weighted by Gasteiger charge is 1.99. The van der Waals surface area contributed by atoms with Crippen molar-refractivity contribution >= 4 is 29.9 Å². The van der Waals surface area contributed by atoms with E-state index in [4.69, 9.17) is 0 Å². The second kappa shape index (κ2) is 10.2. The summed E-state index contributed by atoms with van der Waals surface area (Å²) in [6, 6.07) is 10.4. The topological polar surface area (TPSA) is 54.2 Å². The zero-order chi connectivity index (χ0) is 14.9. The molecule has 0 fully saturated rings. The first kappa shape index (κ1) is 18.5. The smallest absolute Gasteiger partial charge is 0.190 e. The third-order valence-electron chi connectivity index (χ3n) is 3.24. The Morgan fingerprint density at radius 2 is 1.73 bits per heavy atom. The van der Waals surface area contributed by atoms with Gasteiger partial charge >= 0.3 is 0 Å². The minimum atomic E-state index is 0. The molecule has 0 saturated carbocycles. The van der Waals surface area contributed by atoms with Gasteiger partial charge in [-0.3, -0.25) is 9.67 Å². The van der Waals surface area contributed by atoms with Crippen LogP contribution in [0.15, 0.2) is 47.7 Å². The fourth-order valence-corrected chi connectivity index (χ4v) is 2.12. The maximum Gasteiger partial charge on any atom is 0.190 e. The molecule has 0 radical (unpaired) electrons. The molecule has 0 saturated heterocycles. The Hall–Kier alpha value is -1.57. The number of halogens is 1. The van der Waals surface area contributed by atoms with Crippen molar-refractivity contribution in [3.05, 3.63) is 53.9 Å². The fraction of sp³-hybridized carbons (Fsp3) is 0.375. The third-order valence-corrected chi connectivity index (χ3v) is 3.24. The molecule has 5 nitrogen and oxygen atoms in total. The van der Waals surface area contributed by atoms with Crippen LogP contribution in [-0.4, -0.2) is 35.9 Å². The summed E-state index contributed by atoms with van der Waals surface area (Å²) < 4.78 is 1.82. The number of benzene rings is 1. The van der Waals surface area contributed by atoms with E-state index < -0.39 is 0 Å². The maximum absolute atomic E-state index is 4.23. The van der Waals surface area contributed by atoms with Gasteiger partial charge in [-0.2, -0.15) is 5.10 Å². The number of guanidine groups is 1. The van der Waals surface area contributed by atoms with E-state index in [2.05, 4.69) is 45.0 Å². The summed E-state index contributed by atoms with van der Waals surface area (Å²) >= 11 is 0. The minimum absolute atomic E-state index is 0. The van der Waals surface area contributed by atoms with Gasteiger partial charge in [0.2, 0.25) is 0 Å². The number of aryl methyl sites for hydroxylation is 1. The van der Waals surface area contributed by atoms with Crippen molar-refractivity contribution < 1.29 is 0 Å². The number of hydrogen-bond donors (Lipinski definition) is 2. The summed E-state index contributed by atoms with van der Waals surface area (Å²) in [4.78, 5) is 4.23. The average Bonchev–Trinajstić information content (AvgIpc) is 2.92. The monoisotopic (exact) mass is 413 g/mol. The van der Waals surface area contributed by atoms with Gasteiger partial charge in [0, 0.05) is 33.4 Å². The second-order valence-corrected chi connectivity index (χ2v) is 4.93. The molecule has 0 amide bonds. The van der Waals surface area contributed by atoms with Crippen LogP contribution in [-0.2, 0) is 19.9 Å². The van der Waals surface area contributed by atoms with E-state index in [1.807, 2.05) is 30.2 Å². The van der Waals surface area contributed by atoms with Gasteiger partial charge in [0.25, 0.3) is 0 Å². The number of aromatic nitrogens is 2. The molecule has 2 rings (SSSR count). The molecule has 1 aromatic carbocycles. The largest absolute Gasteiger partial charge is 0.356 e. The predicted octanol–water partition coefficient (Wildman–Crippen LogP) is 1.99. The zero-order valence-electron chi connectivity index (χ0n) is 13.1. The van der Waals surface area contributed by atoms with Crippen LogP contribution in [0.3, 0.4) is 0 Å². The molecule has 0 spiro atoms. The van der Waals surface area contributed by atoms with Gasteiger partial charge in [0.1, 0.15) is 0 Å². The lowest BCUT2D eigenvalue weighted by molar-refractivity contribution is 0.764. The summed E-state index contributed by atoms with van der Waals surface area (Å²) in [6.07, 6.45) is 5.86. The van der Waals surface area contributed by atoms with Crippen molar-refractivity contribution in [2.24, 2.45) is 12.0 Å². The van der Waals surface area contributed by atoms with Crippen LogP contribution in [0.25, 0.3) is 0 Å². The molecule has 120 valence electrons. The van der Waals surface area contributed by atoms with Crippen molar-refractivity contribution in [3.8, 4) is 0 Å². The molecule has 0 bridgehead atoms. The number of aliphatic imine (C=N–C) groups is 1. The van der Waals surface area contributed by atoms with Gasteiger partial charge in [0.05, 0.1) is 6.20 Å². The summed E-state index contributed by atoms with van der Waals surface area (Å²) in [7, 11) is 3.73. The molecule has 2 aromatic rings. The Labute approximate surface area is 149 Å².